The first-order chi connectivity index (χ1) is 14.3. The summed E-state index contributed by atoms with van der Waals surface area (Å²) in [5, 5.41) is 20.4. The molecule has 31 heavy (non-hydrogen) atoms. The Morgan fingerprint density at radius 1 is 1.10 bits per heavy atom. The van der Waals surface area contributed by atoms with E-state index in [1.807, 2.05) is 6.92 Å². The van der Waals surface area contributed by atoms with E-state index in [0.29, 0.717) is 36.0 Å². The highest BCUT2D eigenvalue weighted by molar-refractivity contribution is 5.21. The quantitative estimate of drug-likeness (QED) is 0.478. The van der Waals surface area contributed by atoms with Crippen LogP contribution < -0.4 is 0 Å². The molecule has 1 unspecified atom stereocenters. The fraction of sp³-hybridized carbons (Fsp3) is 0.923. The lowest BCUT2D eigenvalue weighted by Crippen LogP contribution is -2.48. The van der Waals surface area contributed by atoms with Gasteiger partial charge in [-0.2, -0.15) is 13.2 Å². The second kappa shape index (κ2) is 7.75. The molecule has 9 atom stereocenters. The topological polar surface area (TPSA) is 40.5 Å². The Balaban J connectivity index is 1.45. The molecule has 2 nitrogen and oxygen atoms in total. The van der Waals surface area contributed by atoms with E-state index < -0.39 is 17.4 Å². The first-order valence-electron chi connectivity index (χ1n) is 12.5. The molecule has 0 heterocycles. The van der Waals surface area contributed by atoms with E-state index >= 15 is 0 Å². The molecule has 0 aromatic heterocycles. The molecule has 4 aliphatic carbocycles. The van der Waals surface area contributed by atoms with Crippen molar-refractivity contribution in [3.63, 3.8) is 0 Å². The summed E-state index contributed by atoms with van der Waals surface area (Å²) in [6.45, 7) is 7.40. The van der Waals surface area contributed by atoms with Gasteiger partial charge in [-0.1, -0.05) is 25.5 Å². The van der Waals surface area contributed by atoms with Crippen molar-refractivity contribution in [1.82, 2.24) is 0 Å². The summed E-state index contributed by atoms with van der Waals surface area (Å²) in [6, 6.07) is 0. The van der Waals surface area contributed by atoms with E-state index in [9.17, 15) is 23.4 Å². The van der Waals surface area contributed by atoms with Crippen LogP contribution in [-0.2, 0) is 0 Å². The fourth-order valence-corrected chi connectivity index (χ4v) is 8.29. The molecule has 5 heteroatoms. The lowest BCUT2D eigenvalue weighted by atomic mass is 9.50. The smallest absolute Gasteiger partial charge is 0.390 e. The minimum absolute atomic E-state index is 0.194. The maximum absolute atomic E-state index is 13.1. The zero-order valence-corrected chi connectivity index (χ0v) is 19.6. The predicted octanol–water partition coefficient (Wildman–Crippen LogP) is 6.66. The van der Waals surface area contributed by atoms with Crippen LogP contribution in [0.1, 0.15) is 91.9 Å². The van der Waals surface area contributed by atoms with Crippen LogP contribution in [0.2, 0.25) is 0 Å². The van der Waals surface area contributed by atoms with Crippen LogP contribution in [-0.4, -0.2) is 27.6 Å². The average Bonchev–Trinajstić information content (AvgIpc) is 3.01. The van der Waals surface area contributed by atoms with Gasteiger partial charge < -0.3 is 10.2 Å². The van der Waals surface area contributed by atoms with Crippen LogP contribution in [0.25, 0.3) is 0 Å². The van der Waals surface area contributed by atoms with Crippen LogP contribution in [0.4, 0.5) is 13.2 Å². The molecule has 0 spiro atoms. The van der Waals surface area contributed by atoms with Crippen LogP contribution in [0.15, 0.2) is 11.6 Å². The second-order valence-corrected chi connectivity index (χ2v) is 12.3. The fourth-order valence-electron chi connectivity index (χ4n) is 8.29. The Hall–Kier alpha value is -0.550. The summed E-state index contributed by atoms with van der Waals surface area (Å²) in [7, 11) is 0. The minimum Gasteiger partial charge on any atom is -0.390 e. The van der Waals surface area contributed by atoms with Crippen molar-refractivity contribution in [1.29, 1.82) is 0 Å². The predicted molar refractivity (Wildman–Crippen MR) is 116 cm³/mol. The van der Waals surface area contributed by atoms with E-state index in [0.717, 1.165) is 39.0 Å². The van der Waals surface area contributed by atoms with Gasteiger partial charge in [0.05, 0.1) is 5.60 Å². The largest absolute Gasteiger partial charge is 0.416 e. The SMILES string of the molecule is C[C@H](CC[C@](C)(O)C(F)(F)F)[C@H]1CC[C@H]2[C@@H]3CC=C4C[C@@](C)(O)CC[C@@H]4C3CC[C@]12C. The van der Waals surface area contributed by atoms with Crippen LogP contribution in [0.3, 0.4) is 0 Å². The summed E-state index contributed by atoms with van der Waals surface area (Å²) >= 11 is 0. The van der Waals surface area contributed by atoms with Crippen LogP contribution >= 0.6 is 0 Å². The number of fused-ring (bicyclic) bond motifs is 5. The van der Waals surface area contributed by atoms with Crippen molar-refractivity contribution in [2.45, 2.75) is 109 Å². The maximum Gasteiger partial charge on any atom is 0.416 e. The molecule has 0 aromatic rings. The van der Waals surface area contributed by atoms with Gasteiger partial charge in [0.25, 0.3) is 0 Å². The van der Waals surface area contributed by atoms with E-state index in [4.69, 9.17) is 0 Å². The number of halogens is 3. The minimum atomic E-state index is -4.57. The third kappa shape index (κ3) is 4.11. The number of hydrogen-bond donors (Lipinski definition) is 2. The number of rotatable bonds is 4. The van der Waals surface area contributed by atoms with E-state index in [1.165, 1.54) is 24.8 Å². The van der Waals surface area contributed by atoms with Gasteiger partial charge in [-0.15, -0.1) is 0 Å². The molecule has 4 aliphatic rings. The summed E-state index contributed by atoms with van der Waals surface area (Å²) in [6.07, 6.45) is 6.67. The number of allylic oxidation sites excluding steroid dienone is 1. The summed E-state index contributed by atoms with van der Waals surface area (Å²) in [5.74, 6) is 3.32. The third-order valence-corrected chi connectivity index (χ3v) is 10.2. The first-order valence-corrected chi connectivity index (χ1v) is 12.5. The molecule has 0 aromatic carbocycles. The van der Waals surface area contributed by atoms with Gasteiger partial charge in [0, 0.05) is 0 Å². The van der Waals surface area contributed by atoms with Gasteiger partial charge in [-0.05, 0) is 119 Å². The summed E-state index contributed by atoms with van der Waals surface area (Å²) in [5.41, 5.74) is -1.46. The lowest BCUT2D eigenvalue weighted by molar-refractivity contribution is -0.256. The Labute approximate surface area is 185 Å². The molecule has 178 valence electrons. The normalized spacial score (nSPS) is 45.7. The molecule has 0 aliphatic heterocycles. The number of alkyl halides is 3. The van der Waals surface area contributed by atoms with Crippen molar-refractivity contribution in [2.24, 2.45) is 40.9 Å². The van der Waals surface area contributed by atoms with Gasteiger partial charge in [-0.25, -0.2) is 0 Å². The van der Waals surface area contributed by atoms with Crippen molar-refractivity contribution in [3.8, 4) is 0 Å². The Bertz CT molecular complexity index is 710. The van der Waals surface area contributed by atoms with Crippen molar-refractivity contribution in [2.75, 3.05) is 0 Å². The standard InChI is InChI=1S/C26H41F3O2/c1-16(9-14-25(4,31)26(27,28)29)21-7-8-22-20-6-5-17-15-23(2,30)12-10-18(17)19(20)11-13-24(21,22)3/h5,16,18-22,30-31H,6-15H2,1-4H3/t16-,18+,19?,20-,21-,22+,23+,24-,25+/m1/s1. The van der Waals surface area contributed by atoms with Crippen LogP contribution in [0, 0.1) is 40.9 Å². The van der Waals surface area contributed by atoms with Gasteiger partial charge in [-0.3, -0.25) is 0 Å². The zero-order chi connectivity index (χ0) is 22.8. The van der Waals surface area contributed by atoms with E-state index in [-0.39, 0.29) is 17.8 Å². The van der Waals surface area contributed by atoms with Crippen molar-refractivity contribution in [3.05, 3.63) is 11.6 Å². The molecular weight excluding hydrogens is 401 g/mol. The van der Waals surface area contributed by atoms with Gasteiger partial charge >= 0.3 is 6.18 Å². The molecule has 0 bridgehead atoms. The van der Waals surface area contributed by atoms with Gasteiger partial charge in [0.15, 0.2) is 5.60 Å². The Morgan fingerprint density at radius 3 is 2.48 bits per heavy atom. The third-order valence-electron chi connectivity index (χ3n) is 10.2. The van der Waals surface area contributed by atoms with Gasteiger partial charge in [0.2, 0.25) is 0 Å². The van der Waals surface area contributed by atoms with E-state index in [1.54, 1.807) is 0 Å². The van der Waals surface area contributed by atoms with Crippen LogP contribution in [0.5, 0.6) is 0 Å². The van der Waals surface area contributed by atoms with E-state index in [2.05, 4.69) is 19.9 Å². The molecular formula is C26H41F3O2. The average molecular weight is 443 g/mol. The first kappa shape index (κ1) is 23.6. The Kier molecular flexibility index (Phi) is 5.90. The molecule has 0 amide bonds. The van der Waals surface area contributed by atoms with Gasteiger partial charge in [0.1, 0.15) is 0 Å². The highest BCUT2D eigenvalue weighted by Crippen LogP contribution is 2.65. The molecule has 0 radical (unpaired) electrons. The maximum atomic E-state index is 13.1. The van der Waals surface area contributed by atoms with Crippen molar-refractivity contribution >= 4 is 0 Å². The zero-order valence-electron chi connectivity index (χ0n) is 19.6. The highest BCUT2D eigenvalue weighted by atomic mass is 19.4. The monoisotopic (exact) mass is 442 g/mol. The number of aliphatic hydroxyl groups is 2. The molecule has 4 rings (SSSR count). The lowest BCUT2D eigenvalue weighted by Gasteiger charge is -2.55. The molecule has 2 N–H and O–H groups in total. The Morgan fingerprint density at radius 2 is 1.81 bits per heavy atom. The summed E-state index contributed by atoms with van der Waals surface area (Å²) in [4.78, 5) is 0. The molecule has 3 fully saturated rings. The number of hydrogen-bond acceptors (Lipinski definition) is 2. The highest BCUT2D eigenvalue weighted by Gasteiger charge is 2.57. The van der Waals surface area contributed by atoms with Crippen molar-refractivity contribution < 1.29 is 23.4 Å². The summed E-state index contributed by atoms with van der Waals surface area (Å²) < 4.78 is 39.3. The second-order valence-electron chi connectivity index (χ2n) is 12.3. The molecule has 0 saturated heterocycles. The molecule has 3 saturated carbocycles.